The van der Waals surface area contributed by atoms with E-state index >= 15 is 0 Å². The summed E-state index contributed by atoms with van der Waals surface area (Å²) in [7, 11) is 1.92. The standard InChI is InChI=1S/C20H20F3N5O.ClH/c1-28-7-6-14-18(24-10-25-19(14)28)26-12-2-4-13(5-3-12)27-20(29)11-8-15(21)17(23)16(22)9-11;/h6-10,12-13H,2-5H2,1H3,(H,27,29)(H,24,25,26);1H. The Hall–Kier alpha value is -2.81. The van der Waals surface area contributed by atoms with E-state index in [0.717, 1.165) is 29.7 Å². The van der Waals surface area contributed by atoms with E-state index < -0.39 is 23.4 Å². The molecule has 1 aromatic carbocycles. The highest BCUT2D eigenvalue weighted by molar-refractivity contribution is 5.94. The minimum atomic E-state index is -1.58. The smallest absolute Gasteiger partial charge is 0.251 e. The average Bonchev–Trinajstić information content (AvgIpc) is 3.09. The second-order valence-corrected chi connectivity index (χ2v) is 7.31. The van der Waals surface area contributed by atoms with Gasteiger partial charge in [-0.2, -0.15) is 0 Å². The molecule has 0 saturated heterocycles. The highest BCUT2D eigenvalue weighted by atomic mass is 35.5. The zero-order valence-electron chi connectivity index (χ0n) is 16.2. The van der Waals surface area contributed by atoms with Crippen LogP contribution in [0.15, 0.2) is 30.7 Å². The van der Waals surface area contributed by atoms with E-state index in [9.17, 15) is 18.0 Å². The van der Waals surface area contributed by atoms with Crippen molar-refractivity contribution in [2.24, 2.45) is 7.05 Å². The van der Waals surface area contributed by atoms with Gasteiger partial charge in [-0.25, -0.2) is 23.1 Å². The zero-order valence-corrected chi connectivity index (χ0v) is 17.0. The molecule has 0 aliphatic heterocycles. The molecule has 0 unspecified atom stereocenters. The highest BCUT2D eigenvalue weighted by Crippen LogP contribution is 2.26. The average molecular weight is 440 g/mol. The van der Waals surface area contributed by atoms with Crippen LogP contribution in [0.1, 0.15) is 36.0 Å². The van der Waals surface area contributed by atoms with Crippen molar-refractivity contribution in [1.82, 2.24) is 19.9 Å². The van der Waals surface area contributed by atoms with Crippen molar-refractivity contribution in [3.8, 4) is 0 Å². The van der Waals surface area contributed by atoms with E-state index in [1.54, 1.807) is 0 Å². The monoisotopic (exact) mass is 439 g/mol. The van der Waals surface area contributed by atoms with Crippen LogP contribution in [0.3, 0.4) is 0 Å². The third-order valence-corrected chi connectivity index (χ3v) is 5.31. The fourth-order valence-electron chi connectivity index (χ4n) is 3.72. The highest BCUT2D eigenvalue weighted by Gasteiger charge is 2.24. The number of halogens is 4. The van der Waals surface area contributed by atoms with Gasteiger partial charge in [0.2, 0.25) is 0 Å². The molecule has 1 fully saturated rings. The van der Waals surface area contributed by atoms with Crippen LogP contribution in [-0.2, 0) is 7.05 Å². The molecule has 0 atom stereocenters. The second-order valence-electron chi connectivity index (χ2n) is 7.31. The number of nitrogens with zero attached hydrogens (tertiary/aromatic N) is 3. The number of hydrogen-bond donors (Lipinski definition) is 2. The fraction of sp³-hybridized carbons (Fsp3) is 0.350. The molecule has 1 aliphatic carbocycles. The van der Waals surface area contributed by atoms with Gasteiger partial charge in [-0.1, -0.05) is 0 Å². The minimum Gasteiger partial charge on any atom is -0.367 e. The molecule has 2 aromatic heterocycles. The topological polar surface area (TPSA) is 71.8 Å². The maximum absolute atomic E-state index is 13.3. The van der Waals surface area contributed by atoms with Crippen LogP contribution in [0.2, 0.25) is 0 Å². The number of carbonyl (C=O) groups is 1. The summed E-state index contributed by atoms with van der Waals surface area (Å²) >= 11 is 0. The van der Waals surface area contributed by atoms with Crippen LogP contribution in [0.5, 0.6) is 0 Å². The summed E-state index contributed by atoms with van der Waals surface area (Å²) in [6, 6.07) is 3.47. The van der Waals surface area contributed by atoms with Crippen molar-refractivity contribution < 1.29 is 18.0 Å². The second kappa shape index (κ2) is 8.91. The predicted octanol–water partition coefficient (Wildman–Crippen LogP) is 3.96. The molecule has 1 amide bonds. The molecule has 30 heavy (non-hydrogen) atoms. The van der Waals surface area contributed by atoms with E-state index in [0.29, 0.717) is 25.0 Å². The number of aromatic nitrogens is 3. The molecular weight excluding hydrogens is 419 g/mol. The summed E-state index contributed by atoms with van der Waals surface area (Å²) in [6.45, 7) is 0. The Morgan fingerprint density at radius 1 is 1.07 bits per heavy atom. The minimum absolute atomic E-state index is 0. The first kappa shape index (κ1) is 21.9. The van der Waals surface area contributed by atoms with Gasteiger partial charge in [0, 0.05) is 30.9 Å². The molecule has 3 aromatic rings. The number of anilines is 1. The Kier molecular flexibility index (Phi) is 6.50. The molecule has 1 aliphatic rings. The molecule has 0 bridgehead atoms. The lowest BCUT2D eigenvalue weighted by molar-refractivity contribution is 0.0925. The SMILES string of the molecule is Cl.Cn1ccc2c(NC3CCC(NC(=O)c4cc(F)c(F)c(F)c4)CC3)ncnc21. The Balaban J connectivity index is 0.00000256. The summed E-state index contributed by atoms with van der Waals surface area (Å²) in [5.74, 6) is -4.16. The number of rotatable bonds is 4. The van der Waals surface area contributed by atoms with E-state index in [4.69, 9.17) is 0 Å². The maximum Gasteiger partial charge on any atom is 0.251 e. The summed E-state index contributed by atoms with van der Waals surface area (Å²) in [4.78, 5) is 20.9. The number of aryl methyl sites for hydroxylation is 1. The molecule has 0 radical (unpaired) electrons. The van der Waals surface area contributed by atoms with Crippen molar-refractivity contribution in [2.45, 2.75) is 37.8 Å². The first-order valence-corrected chi connectivity index (χ1v) is 9.40. The molecule has 10 heteroatoms. The van der Waals surface area contributed by atoms with Crippen molar-refractivity contribution >= 4 is 35.2 Å². The first-order valence-electron chi connectivity index (χ1n) is 9.40. The van der Waals surface area contributed by atoms with E-state index in [1.807, 2.05) is 23.9 Å². The third kappa shape index (κ3) is 4.35. The number of amides is 1. The van der Waals surface area contributed by atoms with Gasteiger partial charge in [-0.15, -0.1) is 12.4 Å². The normalized spacial score (nSPS) is 18.7. The number of nitrogens with one attached hydrogen (secondary N) is 2. The van der Waals surface area contributed by atoms with E-state index in [2.05, 4.69) is 20.6 Å². The summed E-state index contributed by atoms with van der Waals surface area (Å²) in [5, 5.41) is 7.17. The van der Waals surface area contributed by atoms with Gasteiger partial charge in [0.1, 0.15) is 17.8 Å². The van der Waals surface area contributed by atoms with Crippen molar-refractivity contribution in [1.29, 1.82) is 0 Å². The quantitative estimate of drug-likeness (QED) is 0.604. The fourth-order valence-corrected chi connectivity index (χ4v) is 3.72. The summed E-state index contributed by atoms with van der Waals surface area (Å²) in [5.41, 5.74) is 0.622. The first-order chi connectivity index (χ1) is 13.9. The molecule has 6 nitrogen and oxygen atoms in total. The van der Waals surface area contributed by atoms with Gasteiger partial charge in [0.05, 0.1) is 5.39 Å². The maximum atomic E-state index is 13.3. The Morgan fingerprint density at radius 2 is 1.70 bits per heavy atom. The van der Waals surface area contributed by atoms with Crippen LogP contribution in [0.25, 0.3) is 11.0 Å². The molecular formula is C20H21ClF3N5O. The van der Waals surface area contributed by atoms with Gasteiger partial charge < -0.3 is 15.2 Å². The Bertz CT molecular complexity index is 1040. The largest absolute Gasteiger partial charge is 0.367 e. The lowest BCUT2D eigenvalue weighted by atomic mass is 9.91. The van der Waals surface area contributed by atoms with Gasteiger partial charge in [-0.05, 0) is 43.9 Å². The third-order valence-electron chi connectivity index (χ3n) is 5.31. The number of carbonyl (C=O) groups excluding carboxylic acids is 1. The van der Waals surface area contributed by atoms with Crippen LogP contribution >= 0.6 is 12.4 Å². The van der Waals surface area contributed by atoms with Crippen molar-refractivity contribution in [3.05, 3.63) is 53.7 Å². The van der Waals surface area contributed by atoms with Crippen molar-refractivity contribution in [3.63, 3.8) is 0 Å². The van der Waals surface area contributed by atoms with Gasteiger partial charge in [0.25, 0.3) is 5.91 Å². The van der Waals surface area contributed by atoms with Crippen LogP contribution < -0.4 is 10.6 Å². The van der Waals surface area contributed by atoms with E-state index in [1.165, 1.54) is 6.33 Å². The van der Waals surface area contributed by atoms with E-state index in [-0.39, 0.29) is 30.1 Å². The van der Waals surface area contributed by atoms with Gasteiger partial charge in [-0.3, -0.25) is 4.79 Å². The molecule has 2 heterocycles. The predicted molar refractivity (Wildman–Crippen MR) is 109 cm³/mol. The molecule has 2 N–H and O–H groups in total. The number of fused-ring (bicyclic) bond motifs is 1. The lowest BCUT2D eigenvalue weighted by Gasteiger charge is -2.30. The lowest BCUT2D eigenvalue weighted by Crippen LogP contribution is -2.40. The Labute approximate surface area is 177 Å². The van der Waals surface area contributed by atoms with Crippen LogP contribution in [0, 0.1) is 17.5 Å². The number of benzene rings is 1. The van der Waals surface area contributed by atoms with Crippen LogP contribution in [0.4, 0.5) is 19.0 Å². The number of hydrogen-bond acceptors (Lipinski definition) is 4. The molecule has 160 valence electrons. The van der Waals surface area contributed by atoms with Crippen LogP contribution in [-0.4, -0.2) is 32.5 Å². The molecule has 1 saturated carbocycles. The Morgan fingerprint density at radius 3 is 2.37 bits per heavy atom. The molecule has 0 spiro atoms. The van der Waals surface area contributed by atoms with Gasteiger partial charge in [0.15, 0.2) is 17.5 Å². The summed E-state index contributed by atoms with van der Waals surface area (Å²) < 4.78 is 41.7. The molecule has 4 rings (SSSR count). The van der Waals surface area contributed by atoms with Gasteiger partial charge >= 0.3 is 0 Å². The van der Waals surface area contributed by atoms with Crippen molar-refractivity contribution in [2.75, 3.05) is 5.32 Å². The summed E-state index contributed by atoms with van der Waals surface area (Å²) in [6.07, 6.45) is 6.47. The zero-order chi connectivity index (χ0) is 20.5.